The van der Waals surface area contributed by atoms with E-state index in [0.717, 1.165) is 10.2 Å². The van der Waals surface area contributed by atoms with Crippen molar-refractivity contribution in [3.63, 3.8) is 0 Å². The molecule has 0 spiro atoms. The fourth-order valence-corrected chi connectivity index (χ4v) is 3.06. The van der Waals surface area contributed by atoms with Gasteiger partial charge in [0.2, 0.25) is 0 Å². The summed E-state index contributed by atoms with van der Waals surface area (Å²) in [5, 5.41) is 2.53. The molecule has 0 aliphatic rings. The smallest absolute Gasteiger partial charge is 0.0552 e. The zero-order valence-corrected chi connectivity index (χ0v) is 12.2. The Hall–Kier alpha value is -2.13. The lowest BCUT2D eigenvalue weighted by Gasteiger charge is -2.07. The van der Waals surface area contributed by atoms with Crippen molar-refractivity contribution in [2.24, 2.45) is 0 Å². The second-order valence-electron chi connectivity index (χ2n) is 4.72. The van der Waals surface area contributed by atoms with Crippen molar-refractivity contribution in [3.8, 4) is 5.69 Å². The van der Waals surface area contributed by atoms with E-state index >= 15 is 0 Å². The van der Waals surface area contributed by atoms with E-state index in [9.17, 15) is 0 Å². The van der Waals surface area contributed by atoms with Crippen LogP contribution in [0.5, 0.6) is 0 Å². The summed E-state index contributed by atoms with van der Waals surface area (Å²) >= 11 is 3.57. The first kappa shape index (κ1) is 11.7. The van der Waals surface area contributed by atoms with Crippen LogP contribution in [0.4, 0.5) is 0 Å². The summed E-state index contributed by atoms with van der Waals surface area (Å²) in [5.74, 6) is 0. The molecule has 0 amide bonds. The topological polar surface area (TPSA) is 17.8 Å². The van der Waals surface area contributed by atoms with Gasteiger partial charge >= 0.3 is 0 Å². The van der Waals surface area contributed by atoms with E-state index < -0.39 is 0 Å². The van der Waals surface area contributed by atoms with E-state index in [1.165, 1.54) is 21.8 Å². The van der Waals surface area contributed by atoms with Gasteiger partial charge in [0.25, 0.3) is 0 Å². The summed E-state index contributed by atoms with van der Waals surface area (Å²) in [4.78, 5) is 4.11. The molecule has 2 nitrogen and oxygen atoms in total. The first-order valence-corrected chi connectivity index (χ1v) is 7.23. The quantitative estimate of drug-likeness (QED) is 0.485. The van der Waals surface area contributed by atoms with Crippen molar-refractivity contribution in [2.75, 3.05) is 0 Å². The van der Waals surface area contributed by atoms with E-state index in [1.54, 1.807) is 0 Å². The standard InChI is InChI=1S/C17H11BrN2/c18-12-5-6-15-14-3-1-2-4-16(14)20(17(15)11-12)13-7-9-19-10-8-13/h1-11H. The van der Waals surface area contributed by atoms with Gasteiger partial charge in [-0.25, -0.2) is 0 Å². The molecule has 0 unspecified atom stereocenters. The van der Waals surface area contributed by atoms with Gasteiger partial charge in [-0.1, -0.05) is 40.2 Å². The third-order valence-corrected chi connectivity index (χ3v) is 4.05. The van der Waals surface area contributed by atoms with Crippen molar-refractivity contribution in [1.29, 1.82) is 0 Å². The van der Waals surface area contributed by atoms with Gasteiger partial charge in [-0.15, -0.1) is 0 Å². The Bertz CT molecular complexity index is 910. The van der Waals surface area contributed by atoms with Gasteiger partial charge in [-0.3, -0.25) is 4.98 Å². The largest absolute Gasteiger partial charge is 0.309 e. The Balaban J connectivity index is 2.23. The Kier molecular flexibility index (Phi) is 2.60. The van der Waals surface area contributed by atoms with Gasteiger partial charge in [-0.05, 0) is 30.3 Å². The maximum absolute atomic E-state index is 4.11. The highest BCUT2D eigenvalue weighted by Crippen LogP contribution is 2.33. The third-order valence-electron chi connectivity index (χ3n) is 3.56. The number of fused-ring (bicyclic) bond motifs is 3. The minimum atomic E-state index is 1.09. The van der Waals surface area contributed by atoms with Crippen LogP contribution in [0.1, 0.15) is 0 Å². The Morgan fingerprint density at radius 2 is 1.55 bits per heavy atom. The van der Waals surface area contributed by atoms with Crippen LogP contribution >= 0.6 is 15.9 Å². The fourth-order valence-electron chi connectivity index (χ4n) is 2.71. The molecule has 2 aromatic carbocycles. The summed E-state index contributed by atoms with van der Waals surface area (Å²) in [6.45, 7) is 0. The van der Waals surface area contributed by atoms with Crippen LogP contribution in [0.15, 0.2) is 71.5 Å². The monoisotopic (exact) mass is 322 g/mol. The highest BCUT2D eigenvalue weighted by molar-refractivity contribution is 9.10. The zero-order chi connectivity index (χ0) is 13.5. The van der Waals surface area contributed by atoms with Crippen molar-refractivity contribution < 1.29 is 0 Å². The third kappa shape index (κ3) is 1.67. The number of hydrogen-bond acceptors (Lipinski definition) is 1. The average Bonchev–Trinajstić information content (AvgIpc) is 2.81. The number of para-hydroxylation sites is 1. The molecule has 0 bridgehead atoms. The SMILES string of the molecule is Brc1ccc2c3ccccc3n(-c3ccncc3)c2c1. The molecule has 0 N–H and O–H groups in total. The van der Waals surface area contributed by atoms with Crippen LogP contribution in [-0.2, 0) is 0 Å². The summed E-state index contributed by atoms with van der Waals surface area (Å²) < 4.78 is 3.36. The molecule has 0 saturated heterocycles. The molecule has 0 saturated carbocycles. The molecule has 4 aromatic rings. The van der Waals surface area contributed by atoms with Crippen molar-refractivity contribution >= 4 is 37.7 Å². The summed E-state index contributed by atoms with van der Waals surface area (Å²) in [7, 11) is 0. The number of hydrogen-bond donors (Lipinski definition) is 0. The Morgan fingerprint density at radius 1 is 0.800 bits per heavy atom. The molecule has 0 radical (unpaired) electrons. The second-order valence-corrected chi connectivity index (χ2v) is 5.64. The number of halogens is 1. The minimum absolute atomic E-state index is 1.09. The predicted octanol–water partition coefficient (Wildman–Crippen LogP) is 4.94. The van der Waals surface area contributed by atoms with E-state index in [4.69, 9.17) is 0 Å². The van der Waals surface area contributed by atoms with Crippen LogP contribution < -0.4 is 0 Å². The van der Waals surface area contributed by atoms with Crippen LogP contribution in [0.2, 0.25) is 0 Å². The number of pyridine rings is 1. The van der Waals surface area contributed by atoms with Gasteiger partial charge < -0.3 is 4.57 Å². The summed E-state index contributed by atoms with van der Waals surface area (Å²) in [5.41, 5.74) is 3.54. The zero-order valence-electron chi connectivity index (χ0n) is 10.6. The minimum Gasteiger partial charge on any atom is -0.309 e. The molecule has 20 heavy (non-hydrogen) atoms. The molecule has 96 valence electrons. The first-order valence-electron chi connectivity index (χ1n) is 6.44. The highest BCUT2D eigenvalue weighted by Gasteiger charge is 2.11. The van der Waals surface area contributed by atoms with Crippen LogP contribution in [0.25, 0.3) is 27.5 Å². The van der Waals surface area contributed by atoms with Gasteiger partial charge in [0.05, 0.1) is 11.0 Å². The average molecular weight is 323 g/mol. The molecule has 2 heterocycles. The van der Waals surface area contributed by atoms with Crippen molar-refractivity contribution in [3.05, 3.63) is 71.5 Å². The predicted molar refractivity (Wildman–Crippen MR) is 86.3 cm³/mol. The number of nitrogens with zero attached hydrogens (tertiary/aromatic N) is 2. The molecular formula is C17H11BrN2. The molecule has 0 atom stereocenters. The maximum atomic E-state index is 4.11. The lowest BCUT2D eigenvalue weighted by molar-refractivity contribution is 1.15. The van der Waals surface area contributed by atoms with Crippen molar-refractivity contribution in [2.45, 2.75) is 0 Å². The molecule has 4 rings (SSSR count). The fraction of sp³-hybridized carbons (Fsp3) is 0. The van der Waals surface area contributed by atoms with Crippen LogP contribution in [0, 0.1) is 0 Å². The molecule has 0 fully saturated rings. The van der Waals surface area contributed by atoms with Gasteiger partial charge in [0, 0.05) is 33.3 Å². The first-order chi connectivity index (χ1) is 9.84. The van der Waals surface area contributed by atoms with Gasteiger partial charge in [0.1, 0.15) is 0 Å². The van der Waals surface area contributed by atoms with Gasteiger partial charge in [0.15, 0.2) is 0 Å². The summed E-state index contributed by atoms with van der Waals surface area (Å²) in [6.07, 6.45) is 3.65. The highest BCUT2D eigenvalue weighted by atomic mass is 79.9. The summed E-state index contributed by atoms with van der Waals surface area (Å²) in [6, 6.07) is 19.0. The van der Waals surface area contributed by atoms with E-state index in [0.29, 0.717) is 0 Å². The molecule has 2 aromatic heterocycles. The lowest BCUT2D eigenvalue weighted by Crippen LogP contribution is -1.93. The van der Waals surface area contributed by atoms with E-state index in [2.05, 4.69) is 67.9 Å². The van der Waals surface area contributed by atoms with E-state index in [-0.39, 0.29) is 0 Å². The number of aromatic nitrogens is 2. The molecular weight excluding hydrogens is 312 g/mol. The Labute approximate surface area is 124 Å². The number of rotatable bonds is 1. The van der Waals surface area contributed by atoms with E-state index in [1.807, 2.05) is 24.5 Å². The lowest BCUT2D eigenvalue weighted by atomic mass is 10.2. The van der Waals surface area contributed by atoms with Gasteiger partial charge in [-0.2, -0.15) is 0 Å². The van der Waals surface area contributed by atoms with Crippen LogP contribution in [0.3, 0.4) is 0 Å². The van der Waals surface area contributed by atoms with Crippen LogP contribution in [-0.4, -0.2) is 9.55 Å². The molecule has 0 aliphatic carbocycles. The van der Waals surface area contributed by atoms with Crippen molar-refractivity contribution in [1.82, 2.24) is 9.55 Å². The maximum Gasteiger partial charge on any atom is 0.0552 e. The molecule has 0 aliphatic heterocycles. The Morgan fingerprint density at radius 3 is 2.40 bits per heavy atom. The number of benzene rings is 2. The normalized spacial score (nSPS) is 11.2. The molecule has 3 heteroatoms. The second kappa shape index (κ2) is 4.46.